The summed E-state index contributed by atoms with van der Waals surface area (Å²) in [6.07, 6.45) is 11.4. The summed E-state index contributed by atoms with van der Waals surface area (Å²) in [5.41, 5.74) is 1.69. The number of hydrogen-bond acceptors (Lipinski definition) is 2. The molecule has 33 heavy (non-hydrogen) atoms. The number of rotatable bonds is 0. The molecule has 0 radical (unpaired) electrons. The molecule has 1 amide bonds. The standard InChI is InChI=1S/C30H51NO2/c1-19-27(5)10-9-21-28(6,24(27)20(32)17-23(33)31-19)14-16-30(8)22-18-25(2,3)11-12-26(22,4)13-15-29(21,30)7/h19-22,24,32H,9-18H2,1-8H3,(H,31,33)/t19-,20-,21+,22-,24-,26-,27-,28-,29-,30+/m1/s1. The lowest BCUT2D eigenvalue weighted by Gasteiger charge is -2.74. The van der Waals surface area contributed by atoms with Gasteiger partial charge in [-0.3, -0.25) is 4.79 Å². The minimum Gasteiger partial charge on any atom is -0.392 e. The lowest BCUT2D eigenvalue weighted by atomic mass is 9.30. The first-order chi connectivity index (χ1) is 15.1. The average Bonchev–Trinajstić information content (AvgIpc) is 2.79. The van der Waals surface area contributed by atoms with E-state index < -0.39 is 6.10 Å². The van der Waals surface area contributed by atoms with Crippen molar-refractivity contribution in [1.29, 1.82) is 0 Å². The van der Waals surface area contributed by atoms with Crippen LogP contribution in [0.4, 0.5) is 0 Å². The van der Waals surface area contributed by atoms with Crippen LogP contribution in [-0.2, 0) is 4.79 Å². The van der Waals surface area contributed by atoms with Gasteiger partial charge in [-0.1, -0.05) is 48.5 Å². The van der Waals surface area contributed by atoms with Crippen LogP contribution in [0.3, 0.4) is 0 Å². The van der Waals surface area contributed by atoms with Crippen LogP contribution in [0.15, 0.2) is 0 Å². The van der Waals surface area contributed by atoms with E-state index in [9.17, 15) is 9.90 Å². The maximum Gasteiger partial charge on any atom is 0.222 e. The number of aliphatic hydroxyl groups is 1. The molecule has 5 aliphatic rings. The number of aliphatic hydroxyl groups excluding tert-OH is 1. The van der Waals surface area contributed by atoms with E-state index in [-0.39, 0.29) is 35.1 Å². The summed E-state index contributed by atoms with van der Waals surface area (Å²) >= 11 is 0. The summed E-state index contributed by atoms with van der Waals surface area (Å²) in [5, 5.41) is 14.8. The number of carbonyl (C=O) groups excluding carboxylic acids is 1. The van der Waals surface area contributed by atoms with Gasteiger partial charge in [0, 0.05) is 6.04 Å². The normalized spacial score (nSPS) is 58.1. The second-order valence-corrected chi connectivity index (χ2v) is 15.6. The first-order valence-electron chi connectivity index (χ1n) is 14.1. The highest BCUT2D eigenvalue weighted by Crippen LogP contribution is 2.77. The van der Waals surface area contributed by atoms with Crippen molar-refractivity contribution in [3.05, 3.63) is 0 Å². The van der Waals surface area contributed by atoms with Crippen molar-refractivity contribution >= 4 is 5.91 Å². The predicted octanol–water partition coefficient (Wildman–Crippen LogP) is 6.73. The Morgan fingerprint density at radius 2 is 1.39 bits per heavy atom. The zero-order valence-electron chi connectivity index (χ0n) is 22.8. The highest BCUT2D eigenvalue weighted by atomic mass is 16.3. The molecule has 0 unspecified atom stereocenters. The Kier molecular flexibility index (Phi) is 5.13. The number of hydrogen-bond donors (Lipinski definition) is 2. The summed E-state index contributed by atoms with van der Waals surface area (Å²) in [7, 11) is 0. The molecule has 1 aliphatic heterocycles. The van der Waals surface area contributed by atoms with Crippen molar-refractivity contribution in [3.8, 4) is 0 Å². The topological polar surface area (TPSA) is 49.3 Å². The highest BCUT2D eigenvalue weighted by molar-refractivity contribution is 5.77. The summed E-state index contributed by atoms with van der Waals surface area (Å²) < 4.78 is 0. The molecule has 0 bridgehead atoms. The summed E-state index contributed by atoms with van der Waals surface area (Å²) in [6.45, 7) is 20.1. The number of carbonyl (C=O) groups is 1. The van der Waals surface area contributed by atoms with Crippen molar-refractivity contribution < 1.29 is 9.90 Å². The van der Waals surface area contributed by atoms with Crippen molar-refractivity contribution in [1.82, 2.24) is 5.32 Å². The van der Waals surface area contributed by atoms with Crippen LogP contribution in [0.25, 0.3) is 0 Å². The summed E-state index contributed by atoms with van der Waals surface area (Å²) in [6, 6.07) is 0.125. The zero-order valence-corrected chi connectivity index (χ0v) is 22.8. The Balaban J connectivity index is 1.57. The van der Waals surface area contributed by atoms with Crippen molar-refractivity contribution in [2.24, 2.45) is 50.2 Å². The molecular weight excluding hydrogens is 406 g/mol. The van der Waals surface area contributed by atoms with E-state index in [2.05, 4.69) is 60.7 Å². The third kappa shape index (κ3) is 3.05. The van der Waals surface area contributed by atoms with Crippen LogP contribution in [0.1, 0.15) is 120 Å². The van der Waals surface area contributed by atoms with E-state index in [1.54, 1.807) is 0 Å². The van der Waals surface area contributed by atoms with Gasteiger partial charge in [0.25, 0.3) is 0 Å². The molecular formula is C30H51NO2. The molecule has 2 N–H and O–H groups in total. The molecule has 4 aliphatic carbocycles. The van der Waals surface area contributed by atoms with Crippen LogP contribution >= 0.6 is 0 Å². The van der Waals surface area contributed by atoms with Crippen LogP contribution in [0, 0.1) is 50.2 Å². The lowest BCUT2D eigenvalue weighted by molar-refractivity contribution is -0.261. The number of amides is 1. The fraction of sp³-hybridized carbons (Fsp3) is 0.967. The monoisotopic (exact) mass is 457 g/mol. The molecule has 10 atom stereocenters. The van der Waals surface area contributed by atoms with Gasteiger partial charge in [-0.15, -0.1) is 0 Å². The Labute approximate surface area is 203 Å². The van der Waals surface area contributed by atoms with Gasteiger partial charge in [0.05, 0.1) is 12.5 Å². The SMILES string of the molecule is C[C@H]1NC(=O)C[C@@H](O)[C@@H]2[C@]1(C)CC[C@H]1[C@@]2(C)CC[C@@]2(C)[C@@H]3CC(C)(C)CC[C@]3(C)CC[C@]12C. The molecule has 188 valence electrons. The maximum absolute atomic E-state index is 12.6. The van der Waals surface area contributed by atoms with Gasteiger partial charge < -0.3 is 10.4 Å². The van der Waals surface area contributed by atoms with Crippen molar-refractivity contribution in [2.75, 3.05) is 0 Å². The van der Waals surface area contributed by atoms with Crippen LogP contribution in [-0.4, -0.2) is 23.2 Å². The van der Waals surface area contributed by atoms with Crippen molar-refractivity contribution in [2.45, 2.75) is 132 Å². The first kappa shape index (κ1) is 24.1. The van der Waals surface area contributed by atoms with Crippen molar-refractivity contribution in [3.63, 3.8) is 0 Å². The Bertz CT molecular complexity index is 837. The van der Waals surface area contributed by atoms with E-state index in [0.717, 1.165) is 12.3 Å². The van der Waals surface area contributed by atoms with Crippen LogP contribution < -0.4 is 5.32 Å². The predicted molar refractivity (Wildman–Crippen MR) is 135 cm³/mol. The lowest BCUT2D eigenvalue weighted by Crippen LogP contribution is -2.68. The summed E-state index contributed by atoms with van der Waals surface area (Å²) in [4.78, 5) is 12.6. The number of nitrogens with one attached hydrogen (secondary N) is 1. The largest absolute Gasteiger partial charge is 0.392 e. The number of fused-ring (bicyclic) bond motifs is 7. The van der Waals surface area contributed by atoms with Gasteiger partial charge >= 0.3 is 0 Å². The Hall–Kier alpha value is -0.570. The molecule has 3 heteroatoms. The molecule has 0 aromatic carbocycles. The molecule has 1 heterocycles. The van der Waals surface area contributed by atoms with Gasteiger partial charge in [0.1, 0.15) is 0 Å². The fourth-order valence-corrected chi connectivity index (χ4v) is 11.2. The van der Waals surface area contributed by atoms with E-state index >= 15 is 0 Å². The molecule has 0 spiro atoms. The first-order valence-corrected chi connectivity index (χ1v) is 14.1. The molecule has 0 aromatic rings. The fourth-order valence-electron chi connectivity index (χ4n) is 11.2. The van der Waals surface area contributed by atoms with Gasteiger partial charge in [-0.05, 0) is 115 Å². The van der Waals surface area contributed by atoms with Gasteiger partial charge in [0.2, 0.25) is 5.91 Å². The average molecular weight is 458 g/mol. The third-order valence-corrected chi connectivity index (χ3v) is 13.5. The van der Waals surface area contributed by atoms with E-state index in [4.69, 9.17) is 0 Å². The molecule has 5 fully saturated rings. The van der Waals surface area contributed by atoms with Gasteiger partial charge in [-0.25, -0.2) is 0 Å². The third-order valence-electron chi connectivity index (χ3n) is 13.5. The molecule has 4 saturated carbocycles. The Morgan fingerprint density at radius 1 is 0.788 bits per heavy atom. The van der Waals surface area contributed by atoms with E-state index in [0.29, 0.717) is 27.6 Å². The zero-order chi connectivity index (χ0) is 24.2. The second kappa shape index (κ2) is 7.01. The minimum atomic E-state index is -0.525. The quantitative estimate of drug-likeness (QED) is 0.424. The molecule has 5 rings (SSSR count). The molecule has 0 aromatic heterocycles. The van der Waals surface area contributed by atoms with Crippen LogP contribution in [0.5, 0.6) is 0 Å². The van der Waals surface area contributed by atoms with E-state index in [1.807, 2.05) is 0 Å². The highest BCUT2D eigenvalue weighted by Gasteiger charge is 2.71. The smallest absolute Gasteiger partial charge is 0.222 e. The molecule has 1 saturated heterocycles. The summed E-state index contributed by atoms with van der Waals surface area (Å²) in [5.74, 6) is 1.66. The molecule has 3 nitrogen and oxygen atoms in total. The minimum absolute atomic E-state index is 0.0308. The Morgan fingerprint density at radius 3 is 2.09 bits per heavy atom. The van der Waals surface area contributed by atoms with Gasteiger partial charge in [-0.2, -0.15) is 0 Å². The second-order valence-electron chi connectivity index (χ2n) is 15.6. The van der Waals surface area contributed by atoms with E-state index in [1.165, 1.54) is 51.4 Å². The van der Waals surface area contributed by atoms with Gasteiger partial charge in [0.15, 0.2) is 0 Å². The maximum atomic E-state index is 12.6. The van der Waals surface area contributed by atoms with Crippen LogP contribution in [0.2, 0.25) is 0 Å².